The first-order valence-electron chi connectivity index (χ1n) is 8.66. The van der Waals surface area contributed by atoms with Gasteiger partial charge in [-0.15, -0.1) is 0 Å². The quantitative estimate of drug-likeness (QED) is 0.861. The smallest absolute Gasteiger partial charge is 0.225 e. The van der Waals surface area contributed by atoms with Gasteiger partial charge in [0.2, 0.25) is 5.28 Å². The van der Waals surface area contributed by atoms with E-state index in [1.54, 1.807) is 6.20 Å². The molecule has 24 heavy (non-hydrogen) atoms. The Balaban J connectivity index is 1.42. The molecule has 2 fully saturated rings. The predicted octanol–water partition coefficient (Wildman–Crippen LogP) is 2.73. The van der Waals surface area contributed by atoms with Crippen LogP contribution in [0.5, 0.6) is 0 Å². The van der Waals surface area contributed by atoms with Crippen LogP contribution in [0, 0.1) is 0 Å². The van der Waals surface area contributed by atoms with Crippen molar-refractivity contribution in [3.05, 3.63) is 23.6 Å². The van der Waals surface area contributed by atoms with Crippen LogP contribution in [0.4, 0.5) is 5.82 Å². The Morgan fingerprint density at radius 2 is 1.92 bits per heavy atom. The highest BCUT2D eigenvalue weighted by atomic mass is 35.5. The maximum Gasteiger partial charge on any atom is 0.225 e. The third-order valence-corrected chi connectivity index (χ3v) is 5.20. The first-order valence-corrected chi connectivity index (χ1v) is 9.04. The second-order valence-electron chi connectivity index (χ2n) is 6.51. The molecule has 2 aromatic rings. The van der Waals surface area contributed by atoms with Crippen molar-refractivity contribution in [3.8, 4) is 0 Å². The topological polar surface area (TPSA) is 63.2 Å². The average molecular weight is 348 g/mol. The lowest BCUT2D eigenvalue weighted by molar-refractivity contribution is 0.00791. The minimum atomic E-state index is 0.264. The highest BCUT2D eigenvalue weighted by molar-refractivity contribution is 6.28. The van der Waals surface area contributed by atoms with E-state index in [9.17, 15) is 0 Å². The van der Waals surface area contributed by atoms with Crippen LogP contribution in [0.15, 0.2) is 18.3 Å². The largest absolute Gasteiger partial charge is 0.379 e. The highest BCUT2D eigenvalue weighted by Gasteiger charge is 2.27. The van der Waals surface area contributed by atoms with Gasteiger partial charge in [0.05, 0.1) is 18.7 Å². The zero-order valence-electron chi connectivity index (χ0n) is 13.6. The number of ether oxygens (including phenoxy) is 1. The van der Waals surface area contributed by atoms with Crippen LogP contribution in [0.1, 0.15) is 25.7 Å². The monoisotopic (exact) mass is 347 g/mol. The molecule has 1 aliphatic carbocycles. The lowest BCUT2D eigenvalue weighted by Gasteiger charge is -2.39. The Hall–Kier alpha value is -1.50. The zero-order chi connectivity index (χ0) is 16.4. The van der Waals surface area contributed by atoms with Crippen LogP contribution in [-0.4, -0.2) is 58.2 Å². The summed E-state index contributed by atoms with van der Waals surface area (Å²) in [7, 11) is 0. The summed E-state index contributed by atoms with van der Waals surface area (Å²) >= 11 is 6.06. The first kappa shape index (κ1) is 16.0. The number of aromatic nitrogens is 3. The van der Waals surface area contributed by atoms with Gasteiger partial charge in [0.15, 0.2) is 5.82 Å². The number of rotatable bonds is 3. The fourth-order valence-electron chi connectivity index (χ4n) is 3.76. The van der Waals surface area contributed by atoms with Gasteiger partial charge in [-0.25, -0.2) is 4.98 Å². The Morgan fingerprint density at radius 3 is 2.71 bits per heavy atom. The fourth-order valence-corrected chi connectivity index (χ4v) is 3.94. The van der Waals surface area contributed by atoms with Gasteiger partial charge < -0.3 is 10.1 Å². The predicted molar refractivity (Wildman–Crippen MR) is 94.4 cm³/mol. The normalized spacial score (nSPS) is 25.7. The molecule has 0 atom stereocenters. The van der Waals surface area contributed by atoms with Crippen LogP contribution in [0.25, 0.3) is 11.0 Å². The number of morpholine rings is 1. The van der Waals surface area contributed by atoms with Crippen molar-refractivity contribution in [2.24, 2.45) is 0 Å². The van der Waals surface area contributed by atoms with Crippen molar-refractivity contribution in [1.29, 1.82) is 0 Å². The fraction of sp³-hybridized carbons (Fsp3) is 0.588. The van der Waals surface area contributed by atoms with E-state index in [-0.39, 0.29) is 5.28 Å². The number of hydrogen-bond acceptors (Lipinski definition) is 6. The van der Waals surface area contributed by atoms with Crippen molar-refractivity contribution in [1.82, 2.24) is 19.9 Å². The van der Waals surface area contributed by atoms with Gasteiger partial charge in [-0.2, -0.15) is 4.98 Å². The molecule has 128 valence electrons. The van der Waals surface area contributed by atoms with Gasteiger partial charge in [0.25, 0.3) is 0 Å². The number of nitrogens with one attached hydrogen (secondary N) is 1. The van der Waals surface area contributed by atoms with E-state index in [0.717, 1.165) is 56.0 Å². The molecule has 1 N–H and O–H groups in total. The molecule has 6 nitrogen and oxygen atoms in total. The van der Waals surface area contributed by atoms with Crippen LogP contribution >= 0.6 is 11.6 Å². The molecule has 1 aliphatic heterocycles. The molecule has 0 bridgehead atoms. The molecule has 4 rings (SSSR count). The van der Waals surface area contributed by atoms with Gasteiger partial charge >= 0.3 is 0 Å². The molecule has 2 aromatic heterocycles. The maximum atomic E-state index is 6.06. The number of nitrogens with zero attached hydrogens (tertiary/aromatic N) is 4. The molecule has 0 aromatic carbocycles. The summed E-state index contributed by atoms with van der Waals surface area (Å²) in [6.45, 7) is 3.88. The van der Waals surface area contributed by atoms with E-state index in [4.69, 9.17) is 16.3 Å². The lowest BCUT2D eigenvalue weighted by Crippen LogP contribution is -2.46. The molecular formula is C17H22ClN5O. The number of fused-ring (bicyclic) bond motifs is 1. The molecule has 1 saturated heterocycles. The van der Waals surface area contributed by atoms with Gasteiger partial charge in [-0.1, -0.05) is 0 Å². The Labute approximate surface area is 146 Å². The summed E-state index contributed by atoms with van der Waals surface area (Å²) in [5, 5.41) is 3.81. The summed E-state index contributed by atoms with van der Waals surface area (Å²) in [6, 6.07) is 4.88. The molecule has 3 heterocycles. The lowest BCUT2D eigenvalue weighted by atomic mass is 9.90. The minimum Gasteiger partial charge on any atom is -0.379 e. The van der Waals surface area contributed by atoms with Crippen molar-refractivity contribution in [3.63, 3.8) is 0 Å². The second-order valence-corrected chi connectivity index (χ2v) is 6.85. The van der Waals surface area contributed by atoms with Crippen molar-refractivity contribution in [2.45, 2.75) is 37.8 Å². The summed E-state index contributed by atoms with van der Waals surface area (Å²) < 4.78 is 5.46. The maximum absolute atomic E-state index is 6.06. The van der Waals surface area contributed by atoms with Crippen LogP contribution < -0.4 is 5.32 Å². The van der Waals surface area contributed by atoms with Crippen LogP contribution in [-0.2, 0) is 4.74 Å². The number of hydrogen-bond donors (Lipinski definition) is 1. The summed E-state index contributed by atoms with van der Waals surface area (Å²) in [5.41, 5.74) is 1.57. The highest BCUT2D eigenvalue weighted by Crippen LogP contribution is 2.28. The standard InChI is InChI=1S/C17H22ClN5O/c18-17-21-14-2-1-7-19-15(14)16(22-17)20-12-3-5-13(6-4-12)23-8-10-24-11-9-23/h1-2,7,12-13H,3-6,8-11H2,(H,20,21,22). The molecule has 0 spiro atoms. The minimum absolute atomic E-state index is 0.264. The Morgan fingerprint density at radius 1 is 1.12 bits per heavy atom. The Kier molecular flexibility index (Phi) is 4.78. The van der Waals surface area contributed by atoms with Crippen LogP contribution in [0.2, 0.25) is 5.28 Å². The van der Waals surface area contributed by atoms with Crippen molar-refractivity contribution >= 4 is 28.5 Å². The molecule has 2 aliphatic rings. The van der Waals surface area contributed by atoms with Crippen molar-refractivity contribution < 1.29 is 4.74 Å². The summed E-state index contributed by atoms with van der Waals surface area (Å²) in [6.07, 6.45) is 6.46. The van der Waals surface area contributed by atoms with E-state index in [0.29, 0.717) is 12.1 Å². The molecule has 0 amide bonds. The molecule has 7 heteroatoms. The summed E-state index contributed by atoms with van der Waals surface area (Å²) in [4.78, 5) is 15.6. The van der Waals surface area contributed by atoms with Crippen molar-refractivity contribution in [2.75, 3.05) is 31.6 Å². The third kappa shape index (κ3) is 3.45. The third-order valence-electron chi connectivity index (χ3n) is 5.03. The second kappa shape index (κ2) is 7.17. The first-order chi connectivity index (χ1) is 11.8. The molecule has 1 saturated carbocycles. The van der Waals surface area contributed by atoms with E-state index in [1.807, 2.05) is 12.1 Å². The van der Waals surface area contributed by atoms with E-state index in [2.05, 4.69) is 25.2 Å². The number of halogens is 1. The van der Waals surface area contributed by atoms with Crippen LogP contribution in [0.3, 0.4) is 0 Å². The average Bonchev–Trinajstić information content (AvgIpc) is 2.63. The van der Waals surface area contributed by atoms with E-state index < -0.39 is 0 Å². The molecule has 0 radical (unpaired) electrons. The van der Waals surface area contributed by atoms with E-state index in [1.165, 1.54) is 12.8 Å². The molecule has 0 unspecified atom stereocenters. The van der Waals surface area contributed by atoms with Gasteiger partial charge in [0, 0.05) is 31.4 Å². The number of anilines is 1. The molecular weight excluding hydrogens is 326 g/mol. The van der Waals surface area contributed by atoms with Gasteiger partial charge in [0.1, 0.15) is 5.52 Å². The number of pyridine rings is 1. The van der Waals surface area contributed by atoms with E-state index >= 15 is 0 Å². The SMILES string of the molecule is Clc1nc(NC2CCC(N3CCOCC3)CC2)c2ncccc2n1. The Bertz CT molecular complexity index is 698. The van der Waals surface area contributed by atoms with Gasteiger partial charge in [-0.3, -0.25) is 9.88 Å². The zero-order valence-corrected chi connectivity index (χ0v) is 14.4. The van der Waals surface area contributed by atoms with Gasteiger partial charge in [-0.05, 0) is 49.4 Å². The summed E-state index contributed by atoms with van der Waals surface area (Å²) in [5.74, 6) is 0.750.